The molecule has 1 aromatic carbocycles. The van der Waals surface area contributed by atoms with E-state index in [9.17, 15) is 14.0 Å². The number of halogens is 1. The van der Waals surface area contributed by atoms with Gasteiger partial charge >= 0.3 is 0 Å². The van der Waals surface area contributed by atoms with Crippen LogP contribution in [-0.4, -0.2) is 47.9 Å². The van der Waals surface area contributed by atoms with E-state index in [1.165, 1.54) is 17.0 Å². The molecule has 1 aliphatic heterocycles. The van der Waals surface area contributed by atoms with Crippen molar-refractivity contribution in [2.24, 2.45) is 5.92 Å². The summed E-state index contributed by atoms with van der Waals surface area (Å²) in [5, 5.41) is 2.02. The van der Waals surface area contributed by atoms with Crippen molar-refractivity contribution in [2.45, 2.75) is 32.7 Å². The third-order valence-corrected chi connectivity index (χ3v) is 6.23. The van der Waals surface area contributed by atoms with Gasteiger partial charge in [-0.2, -0.15) is 0 Å². The first-order chi connectivity index (χ1) is 14.9. The molecule has 0 aliphatic carbocycles. The quantitative estimate of drug-likeness (QED) is 0.537. The highest BCUT2D eigenvalue weighted by atomic mass is 32.1. The molecule has 2 aromatic rings. The predicted octanol–water partition coefficient (Wildman–Crippen LogP) is 4.45. The summed E-state index contributed by atoms with van der Waals surface area (Å²) in [6.45, 7) is 8.80. The second-order valence-corrected chi connectivity index (χ2v) is 9.08. The molecule has 1 unspecified atom stereocenters. The molecule has 0 N–H and O–H groups in total. The van der Waals surface area contributed by atoms with Crippen molar-refractivity contribution >= 4 is 23.2 Å². The molecule has 166 valence electrons. The summed E-state index contributed by atoms with van der Waals surface area (Å²) in [4.78, 5) is 30.4. The number of benzene rings is 1. The van der Waals surface area contributed by atoms with Crippen molar-refractivity contribution in [3.05, 3.63) is 64.6 Å². The van der Waals surface area contributed by atoms with Gasteiger partial charge in [0.1, 0.15) is 24.7 Å². The fourth-order valence-corrected chi connectivity index (χ4v) is 4.68. The van der Waals surface area contributed by atoms with Crippen LogP contribution in [0.5, 0.6) is 5.75 Å². The lowest BCUT2D eigenvalue weighted by molar-refractivity contribution is -0.142. The molecule has 1 atom stereocenters. The minimum Gasteiger partial charge on any atom is -0.491 e. The molecule has 7 heteroatoms. The van der Waals surface area contributed by atoms with E-state index >= 15 is 0 Å². The van der Waals surface area contributed by atoms with Gasteiger partial charge in [-0.15, -0.1) is 17.9 Å². The number of amides is 2. The molecule has 0 fully saturated rings. The summed E-state index contributed by atoms with van der Waals surface area (Å²) in [5.74, 6) is 0.0996. The molecule has 0 bridgehead atoms. The van der Waals surface area contributed by atoms with Crippen LogP contribution in [0.1, 0.15) is 36.8 Å². The molecule has 2 amide bonds. The highest BCUT2D eigenvalue weighted by molar-refractivity contribution is 7.10. The average Bonchev–Trinajstić information content (AvgIpc) is 3.20. The van der Waals surface area contributed by atoms with Crippen LogP contribution in [0.3, 0.4) is 0 Å². The van der Waals surface area contributed by atoms with E-state index in [2.05, 4.69) is 6.58 Å². The van der Waals surface area contributed by atoms with Gasteiger partial charge in [-0.25, -0.2) is 4.39 Å². The molecule has 5 nitrogen and oxygen atoms in total. The maximum absolute atomic E-state index is 13.5. The van der Waals surface area contributed by atoms with Crippen LogP contribution in [-0.2, 0) is 16.0 Å². The van der Waals surface area contributed by atoms with Crippen molar-refractivity contribution in [1.29, 1.82) is 0 Å². The number of fused-ring (bicyclic) bond motifs is 1. The summed E-state index contributed by atoms with van der Waals surface area (Å²) < 4.78 is 19.4. The Labute approximate surface area is 187 Å². The molecular formula is C24H29FN2O3S. The van der Waals surface area contributed by atoms with Crippen molar-refractivity contribution in [3.63, 3.8) is 0 Å². The van der Waals surface area contributed by atoms with E-state index in [0.29, 0.717) is 25.3 Å². The normalized spacial score (nSPS) is 15.5. The molecule has 0 saturated heterocycles. The van der Waals surface area contributed by atoms with Crippen molar-refractivity contribution < 1.29 is 18.7 Å². The Bertz CT molecular complexity index is 927. The summed E-state index contributed by atoms with van der Waals surface area (Å²) in [6, 6.07) is 7.73. The molecule has 1 aromatic heterocycles. The number of carbonyl (C=O) groups is 2. The SMILES string of the molecule is C=CCN(CC(=O)N1CCc2sccc2C1COc1cccc(F)c1)C(=O)CC(C)C. The summed E-state index contributed by atoms with van der Waals surface area (Å²) >= 11 is 1.67. The molecule has 31 heavy (non-hydrogen) atoms. The standard InChI is InChI=1S/C24H29FN2O3S/c1-4-10-26(23(28)13-17(2)3)15-24(29)27-11-8-22-20(9-12-31-22)21(27)16-30-19-7-5-6-18(25)14-19/h4-7,9,12,14,17,21H,1,8,10-11,13,15-16H2,2-3H3. The summed E-state index contributed by atoms with van der Waals surface area (Å²) in [6.07, 6.45) is 2.81. The lowest BCUT2D eigenvalue weighted by Crippen LogP contribution is -2.48. The Morgan fingerprint density at radius 3 is 2.90 bits per heavy atom. The zero-order valence-electron chi connectivity index (χ0n) is 18.1. The highest BCUT2D eigenvalue weighted by Crippen LogP contribution is 2.34. The Balaban J connectivity index is 1.76. The Hall–Kier alpha value is -2.67. The van der Waals surface area contributed by atoms with Gasteiger partial charge in [0.25, 0.3) is 0 Å². The van der Waals surface area contributed by atoms with Gasteiger partial charge < -0.3 is 14.5 Å². The maximum Gasteiger partial charge on any atom is 0.242 e. The highest BCUT2D eigenvalue weighted by Gasteiger charge is 2.33. The lowest BCUT2D eigenvalue weighted by atomic mass is 10.0. The van der Waals surface area contributed by atoms with Gasteiger partial charge in [0, 0.05) is 30.5 Å². The Morgan fingerprint density at radius 1 is 1.39 bits per heavy atom. The van der Waals surface area contributed by atoms with Crippen LogP contribution in [0.15, 0.2) is 48.4 Å². The number of hydrogen-bond donors (Lipinski definition) is 0. The number of carbonyl (C=O) groups excluding carboxylic acids is 2. The number of hydrogen-bond acceptors (Lipinski definition) is 4. The number of thiophene rings is 1. The largest absolute Gasteiger partial charge is 0.491 e. The molecule has 1 aliphatic rings. The van der Waals surface area contributed by atoms with Gasteiger partial charge in [0.05, 0.1) is 6.04 Å². The smallest absolute Gasteiger partial charge is 0.242 e. The van der Waals surface area contributed by atoms with Crippen molar-refractivity contribution in [1.82, 2.24) is 9.80 Å². The maximum atomic E-state index is 13.5. The van der Waals surface area contributed by atoms with E-state index in [-0.39, 0.29) is 42.7 Å². The molecular weight excluding hydrogens is 415 g/mol. The van der Waals surface area contributed by atoms with Crippen molar-refractivity contribution in [3.8, 4) is 5.75 Å². The third kappa shape index (κ3) is 5.94. The van der Waals surface area contributed by atoms with E-state index in [4.69, 9.17) is 4.74 Å². The fraction of sp³-hybridized carbons (Fsp3) is 0.417. The van der Waals surface area contributed by atoms with Gasteiger partial charge in [-0.3, -0.25) is 9.59 Å². The molecule has 3 rings (SSSR count). The zero-order chi connectivity index (χ0) is 22.4. The monoisotopic (exact) mass is 444 g/mol. The zero-order valence-corrected chi connectivity index (χ0v) is 18.9. The van der Waals surface area contributed by atoms with E-state index in [0.717, 1.165) is 12.0 Å². The third-order valence-electron chi connectivity index (χ3n) is 5.23. The van der Waals surface area contributed by atoms with Gasteiger partial charge in [0.2, 0.25) is 11.8 Å². The topological polar surface area (TPSA) is 49.9 Å². The van der Waals surface area contributed by atoms with E-state index < -0.39 is 0 Å². The number of ether oxygens (including phenoxy) is 1. The minimum atomic E-state index is -0.367. The molecule has 0 radical (unpaired) electrons. The Kier molecular flexibility index (Phi) is 7.85. The Morgan fingerprint density at radius 2 is 2.19 bits per heavy atom. The summed E-state index contributed by atoms with van der Waals surface area (Å²) in [7, 11) is 0. The minimum absolute atomic E-state index is 0.00745. The first-order valence-corrected chi connectivity index (χ1v) is 11.4. The molecule has 0 spiro atoms. The van der Waals surface area contributed by atoms with Crippen LogP contribution >= 0.6 is 11.3 Å². The van der Waals surface area contributed by atoms with Gasteiger partial charge in [0.15, 0.2) is 0 Å². The van der Waals surface area contributed by atoms with Gasteiger partial charge in [-0.1, -0.05) is 26.0 Å². The molecule has 2 heterocycles. The number of nitrogens with zero attached hydrogens (tertiary/aromatic N) is 2. The molecule has 0 saturated carbocycles. The predicted molar refractivity (Wildman–Crippen MR) is 121 cm³/mol. The lowest BCUT2D eigenvalue weighted by Gasteiger charge is -2.37. The number of rotatable bonds is 9. The van der Waals surface area contributed by atoms with Crippen LogP contribution < -0.4 is 4.74 Å². The van der Waals surface area contributed by atoms with Crippen LogP contribution in [0.4, 0.5) is 4.39 Å². The fourth-order valence-electron chi connectivity index (χ4n) is 3.75. The van der Waals surface area contributed by atoms with Crippen molar-refractivity contribution in [2.75, 3.05) is 26.2 Å². The first kappa shape index (κ1) is 23.0. The van der Waals surface area contributed by atoms with E-state index in [1.54, 1.807) is 39.3 Å². The second kappa shape index (κ2) is 10.6. The summed E-state index contributed by atoms with van der Waals surface area (Å²) in [5.41, 5.74) is 1.06. The average molecular weight is 445 g/mol. The first-order valence-electron chi connectivity index (χ1n) is 10.5. The second-order valence-electron chi connectivity index (χ2n) is 8.08. The van der Waals surface area contributed by atoms with E-state index in [1.807, 2.05) is 25.3 Å². The van der Waals surface area contributed by atoms with Crippen LogP contribution in [0.25, 0.3) is 0 Å². The van der Waals surface area contributed by atoms with Gasteiger partial charge in [-0.05, 0) is 41.5 Å². The van der Waals surface area contributed by atoms with Crippen LogP contribution in [0, 0.1) is 11.7 Å². The van der Waals surface area contributed by atoms with Crippen LogP contribution in [0.2, 0.25) is 0 Å².